The van der Waals surface area contributed by atoms with E-state index in [2.05, 4.69) is 21.7 Å². The maximum Gasteiger partial charge on any atom is 0.273 e. The van der Waals surface area contributed by atoms with Crippen LogP contribution in [0.25, 0.3) is 0 Å². The Kier molecular flexibility index (Phi) is 4.06. The molecule has 3 rings (SSSR count). The summed E-state index contributed by atoms with van der Waals surface area (Å²) in [7, 11) is 0. The number of benzene rings is 1. The van der Waals surface area contributed by atoms with Crippen molar-refractivity contribution in [3.8, 4) is 5.75 Å². The van der Waals surface area contributed by atoms with Crippen LogP contribution in [0, 0.1) is 0 Å². The molecular weight excluding hydrogens is 282 g/mol. The number of hydrogen-bond donors (Lipinski definition) is 2. The molecule has 0 saturated heterocycles. The monoisotopic (exact) mass is 301 g/mol. The van der Waals surface area contributed by atoms with Gasteiger partial charge < -0.3 is 15.8 Å². The van der Waals surface area contributed by atoms with Gasteiger partial charge in [0.05, 0.1) is 12.7 Å². The van der Waals surface area contributed by atoms with Crippen molar-refractivity contribution >= 4 is 5.91 Å². The van der Waals surface area contributed by atoms with E-state index in [1.807, 2.05) is 19.1 Å². The highest BCUT2D eigenvalue weighted by Crippen LogP contribution is 2.29. The zero-order valence-electron chi connectivity index (χ0n) is 12.5. The van der Waals surface area contributed by atoms with E-state index in [0.717, 1.165) is 17.7 Å². The van der Waals surface area contributed by atoms with Gasteiger partial charge in [0.25, 0.3) is 5.91 Å². The minimum absolute atomic E-state index is 0.220. The van der Waals surface area contributed by atoms with Gasteiger partial charge >= 0.3 is 0 Å². The lowest BCUT2D eigenvalue weighted by Gasteiger charge is -2.05. The van der Waals surface area contributed by atoms with Gasteiger partial charge in [0, 0.05) is 19.5 Å². The molecule has 1 amide bonds. The summed E-state index contributed by atoms with van der Waals surface area (Å²) in [6.07, 6.45) is 2.72. The first-order valence-corrected chi connectivity index (χ1v) is 7.32. The summed E-state index contributed by atoms with van der Waals surface area (Å²) in [5.41, 5.74) is 7.96. The van der Waals surface area contributed by atoms with E-state index in [-0.39, 0.29) is 12.0 Å². The first-order valence-electron chi connectivity index (χ1n) is 7.32. The van der Waals surface area contributed by atoms with Gasteiger partial charge in [-0.1, -0.05) is 17.3 Å². The number of nitrogens with two attached hydrogens (primary N) is 1. The molecule has 1 atom stereocenters. The quantitative estimate of drug-likeness (QED) is 0.838. The van der Waals surface area contributed by atoms with E-state index in [1.165, 1.54) is 5.56 Å². The third-order valence-corrected chi connectivity index (χ3v) is 3.54. The van der Waals surface area contributed by atoms with Crippen molar-refractivity contribution in [1.82, 2.24) is 20.3 Å². The molecule has 7 nitrogen and oxygen atoms in total. The molecule has 1 aromatic heterocycles. The minimum Gasteiger partial charge on any atom is -0.490 e. The maximum absolute atomic E-state index is 12.0. The molecule has 7 heteroatoms. The van der Waals surface area contributed by atoms with E-state index in [0.29, 0.717) is 25.3 Å². The fraction of sp³-hybridized carbons (Fsp3) is 0.400. The van der Waals surface area contributed by atoms with Crippen LogP contribution in [0.4, 0.5) is 0 Å². The van der Waals surface area contributed by atoms with Crippen LogP contribution in [0.5, 0.6) is 5.75 Å². The van der Waals surface area contributed by atoms with Crippen LogP contribution in [0.3, 0.4) is 0 Å². The molecule has 116 valence electrons. The van der Waals surface area contributed by atoms with Crippen LogP contribution >= 0.6 is 0 Å². The number of carbonyl (C=O) groups excluding carboxylic acids is 1. The Balaban J connectivity index is 1.60. The van der Waals surface area contributed by atoms with Crippen molar-refractivity contribution in [2.45, 2.75) is 32.5 Å². The fourth-order valence-corrected chi connectivity index (χ4v) is 2.50. The van der Waals surface area contributed by atoms with Gasteiger partial charge in [0.15, 0.2) is 5.69 Å². The lowest BCUT2D eigenvalue weighted by atomic mass is 10.1. The van der Waals surface area contributed by atoms with Gasteiger partial charge in [-0.15, -0.1) is 5.10 Å². The number of nitrogens with one attached hydrogen (secondary N) is 1. The zero-order chi connectivity index (χ0) is 15.5. The number of fused-ring (bicyclic) bond motifs is 1. The third kappa shape index (κ3) is 3.09. The molecule has 3 N–H and O–H groups in total. The Morgan fingerprint density at radius 1 is 1.55 bits per heavy atom. The lowest BCUT2D eigenvalue weighted by Crippen LogP contribution is -2.23. The van der Waals surface area contributed by atoms with Crippen LogP contribution in [-0.4, -0.2) is 33.5 Å². The van der Waals surface area contributed by atoms with Crippen LogP contribution in [0.15, 0.2) is 24.4 Å². The SMILES string of the molecule is C[C@@H]1Cc2cc(CNC(=O)c3cn(CCN)nn3)ccc2O1. The van der Waals surface area contributed by atoms with E-state index in [9.17, 15) is 4.79 Å². The van der Waals surface area contributed by atoms with E-state index in [4.69, 9.17) is 10.5 Å². The Hall–Kier alpha value is -2.41. The van der Waals surface area contributed by atoms with Crippen molar-refractivity contribution in [2.75, 3.05) is 6.54 Å². The molecular formula is C15H19N5O2. The largest absolute Gasteiger partial charge is 0.490 e. The number of rotatable bonds is 5. The number of nitrogens with zero attached hydrogens (tertiary/aromatic N) is 3. The van der Waals surface area contributed by atoms with Gasteiger partial charge in [0.2, 0.25) is 0 Å². The van der Waals surface area contributed by atoms with Crippen molar-refractivity contribution in [1.29, 1.82) is 0 Å². The normalized spacial score (nSPS) is 16.2. The van der Waals surface area contributed by atoms with E-state index < -0.39 is 0 Å². The molecule has 0 aliphatic carbocycles. The standard InChI is InChI=1S/C15H19N5O2/c1-10-6-12-7-11(2-3-14(12)22-10)8-17-15(21)13-9-20(5-4-16)19-18-13/h2-3,7,9-10H,4-6,8,16H2,1H3,(H,17,21)/t10-/m1/s1. The van der Waals surface area contributed by atoms with Crippen molar-refractivity contribution in [2.24, 2.45) is 5.73 Å². The number of carbonyl (C=O) groups is 1. The van der Waals surface area contributed by atoms with E-state index >= 15 is 0 Å². The van der Waals surface area contributed by atoms with Crippen LogP contribution < -0.4 is 15.8 Å². The number of aromatic nitrogens is 3. The second-order valence-corrected chi connectivity index (χ2v) is 5.41. The lowest BCUT2D eigenvalue weighted by molar-refractivity contribution is 0.0946. The molecule has 2 heterocycles. The van der Waals surface area contributed by atoms with Gasteiger partial charge in [-0.05, 0) is 24.1 Å². The molecule has 22 heavy (non-hydrogen) atoms. The van der Waals surface area contributed by atoms with Gasteiger partial charge in [-0.25, -0.2) is 0 Å². The predicted molar refractivity (Wildman–Crippen MR) is 80.5 cm³/mol. The van der Waals surface area contributed by atoms with Crippen molar-refractivity contribution in [3.63, 3.8) is 0 Å². The molecule has 1 aliphatic heterocycles. The topological polar surface area (TPSA) is 95.1 Å². The Bertz CT molecular complexity index is 682. The Morgan fingerprint density at radius 3 is 3.23 bits per heavy atom. The molecule has 0 fully saturated rings. The summed E-state index contributed by atoms with van der Waals surface area (Å²) in [6.45, 7) is 3.50. The highest BCUT2D eigenvalue weighted by atomic mass is 16.5. The highest BCUT2D eigenvalue weighted by Gasteiger charge is 2.19. The average Bonchev–Trinajstić information content (AvgIpc) is 3.10. The highest BCUT2D eigenvalue weighted by molar-refractivity contribution is 5.91. The zero-order valence-corrected chi connectivity index (χ0v) is 12.5. The Morgan fingerprint density at radius 2 is 2.41 bits per heavy atom. The summed E-state index contributed by atoms with van der Waals surface area (Å²) in [4.78, 5) is 12.0. The predicted octanol–water partition coefficient (Wildman–Crippen LogP) is 0.490. The van der Waals surface area contributed by atoms with Gasteiger partial charge in [-0.2, -0.15) is 0 Å². The van der Waals surface area contributed by atoms with Gasteiger partial charge in [0.1, 0.15) is 11.9 Å². The molecule has 1 aromatic carbocycles. The van der Waals surface area contributed by atoms with Crippen LogP contribution in [0.2, 0.25) is 0 Å². The molecule has 0 radical (unpaired) electrons. The average molecular weight is 301 g/mol. The Labute approximate surface area is 128 Å². The fourth-order valence-electron chi connectivity index (χ4n) is 2.50. The summed E-state index contributed by atoms with van der Waals surface area (Å²) < 4.78 is 7.22. The first kappa shape index (κ1) is 14.5. The number of amides is 1. The smallest absolute Gasteiger partial charge is 0.273 e. The summed E-state index contributed by atoms with van der Waals surface area (Å²) in [5, 5.41) is 10.5. The van der Waals surface area contributed by atoms with Crippen molar-refractivity contribution < 1.29 is 9.53 Å². The second-order valence-electron chi connectivity index (χ2n) is 5.41. The second kappa shape index (κ2) is 6.15. The van der Waals surface area contributed by atoms with Crippen LogP contribution in [0.1, 0.15) is 28.5 Å². The number of hydrogen-bond acceptors (Lipinski definition) is 5. The minimum atomic E-state index is -0.242. The van der Waals surface area contributed by atoms with Gasteiger partial charge in [-0.3, -0.25) is 9.48 Å². The summed E-state index contributed by atoms with van der Waals surface area (Å²) >= 11 is 0. The molecule has 2 aromatic rings. The molecule has 0 unspecified atom stereocenters. The molecule has 0 spiro atoms. The maximum atomic E-state index is 12.0. The molecule has 0 bridgehead atoms. The third-order valence-electron chi connectivity index (χ3n) is 3.54. The first-order chi connectivity index (χ1) is 10.7. The van der Waals surface area contributed by atoms with E-state index in [1.54, 1.807) is 10.9 Å². The van der Waals surface area contributed by atoms with Crippen LogP contribution in [-0.2, 0) is 19.5 Å². The summed E-state index contributed by atoms with van der Waals surface area (Å²) in [6, 6.07) is 5.99. The molecule has 1 aliphatic rings. The summed E-state index contributed by atoms with van der Waals surface area (Å²) in [5.74, 6) is 0.695. The number of ether oxygens (including phenoxy) is 1. The van der Waals surface area contributed by atoms with Crippen molar-refractivity contribution in [3.05, 3.63) is 41.2 Å². The molecule has 0 saturated carbocycles.